The summed E-state index contributed by atoms with van der Waals surface area (Å²) in [4.78, 5) is 2.72. The molecular formula is C36H22BNS. The van der Waals surface area contributed by atoms with Crippen molar-refractivity contribution < 1.29 is 0 Å². The summed E-state index contributed by atoms with van der Waals surface area (Å²) in [5, 5.41) is 3.96. The van der Waals surface area contributed by atoms with Gasteiger partial charge in [0.25, 0.3) is 0 Å². The molecule has 0 radical (unpaired) electrons. The normalized spacial score (nSPS) is 13.0. The van der Waals surface area contributed by atoms with Crippen LogP contribution in [0.3, 0.4) is 0 Å². The summed E-state index contributed by atoms with van der Waals surface area (Å²) >= 11 is 1.91. The zero-order valence-corrected chi connectivity index (χ0v) is 22.0. The maximum absolute atomic E-state index is 2.58. The average molecular weight is 511 g/mol. The van der Waals surface area contributed by atoms with Crippen LogP contribution in [-0.2, 0) is 0 Å². The second-order valence-corrected chi connectivity index (χ2v) is 11.5. The van der Waals surface area contributed by atoms with E-state index in [2.05, 4.69) is 138 Å². The van der Waals surface area contributed by atoms with Gasteiger partial charge in [-0.15, -0.1) is 0 Å². The molecule has 0 aliphatic carbocycles. The molecule has 2 aliphatic heterocycles. The highest BCUT2D eigenvalue weighted by molar-refractivity contribution is 8.00. The van der Waals surface area contributed by atoms with E-state index in [1.54, 1.807) is 0 Å². The molecule has 7 aromatic rings. The van der Waals surface area contributed by atoms with Gasteiger partial charge >= 0.3 is 0 Å². The molecule has 39 heavy (non-hydrogen) atoms. The van der Waals surface area contributed by atoms with Gasteiger partial charge in [0, 0.05) is 26.4 Å². The predicted octanol–water partition coefficient (Wildman–Crippen LogP) is 7.41. The second kappa shape index (κ2) is 8.02. The van der Waals surface area contributed by atoms with Crippen LogP contribution in [0.15, 0.2) is 143 Å². The average Bonchev–Trinajstić information content (AvgIpc) is 3.34. The fraction of sp³-hybridized carbons (Fsp3) is 0. The molecule has 3 heterocycles. The highest BCUT2D eigenvalue weighted by Gasteiger charge is 2.41. The lowest BCUT2D eigenvalue weighted by molar-refractivity contribution is 1.13. The Morgan fingerprint density at radius 1 is 0.538 bits per heavy atom. The van der Waals surface area contributed by atoms with E-state index in [0.29, 0.717) is 0 Å². The highest BCUT2D eigenvalue weighted by atomic mass is 32.2. The second-order valence-electron chi connectivity index (χ2n) is 10.5. The lowest BCUT2D eigenvalue weighted by Gasteiger charge is -2.34. The fourth-order valence-electron chi connectivity index (χ4n) is 6.94. The Balaban J connectivity index is 1.57. The number of nitrogens with zero attached hydrogens (tertiary/aromatic N) is 1. The monoisotopic (exact) mass is 511 g/mol. The first-order valence-electron chi connectivity index (χ1n) is 13.5. The van der Waals surface area contributed by atoms with Crippen LogP contribution in [0.4, 0.5) is 0 Å². The first-order valence-corrected chi connectivity index (χ1v) is 14.3. The van der Waals surface area contributed by atoms with Gasteiger partial charge in [0.2, 0.25) is 6.71 Å². The Morgan fingerprint density at radius 3 is 2.08 bits per heavy atom. The summed E-state index contributed by atoms with van der Waals surface area (Å²) < 4.78 is 2.58. The van der Waals surface area contributed by atoms with E-state index >= 15 is 0 Å². The Labute approximate surface area is 231 Å². The molecule has 1 aromatic heterocycles. The van der Waals surface area contributed by atoms with Gasteiger partial charge < -0.3 is 4.57 Å². The number of hydrogen-bond donors (Lipinski definition) is 0. The largest absolute Gasteiger partial charge is 0.310 e. The lowest BCUT2D eigenvalue weighted by atomic mass is 9.34. The predicted molar refractivity (Wildman–Crippen MR) is 167 cm³/mol. The smallest absolute Gasteiger partial charge is 0.250 e. The van der Waals surface area contributed by atoms with Gasteiger partial charge in [-0.2, -0.15) is 0 Å². The molecule has 6 aromatic carbocycles. The maximum atomic E-state index is 2.58. The molecular weight excluding hydrogens is 489 g/mol. The topological polar surface area (TPSA) is 4.93 Å². The van der Waals surface area contributed by atoms with Gasteiger partial charge in [-0.05, 0) is 57.1 Å². The first kappa shape index (κ1) is 21.5. The van der Waals surface area contributed by atoms with E-state index in [9.17, 15) is 0 Å². The summed E-state index contributed by atoms with van der Waals surface area (Å²) in [6.45, 7) is 0.192. The summed E-state index contributed by atoms with van der Waals surface area (Å²) in [6, 6.07) is 49.2. The van der Waals surface area contributed by atoms with Crippen molar-refractivity contribution in [3.8, 4) is 28.1 Å². The molecule has 0 spiro atoms. The zero-order valence-electron chi connectivity index (χ0n) is 21.1. The van der Waals surface area contributed by atoms with Crippen molar-refractivity contribution >= 4 is 56.5 Å². The Bertz CT molecular complexity index is 2090. The number of rotatable bonds is 2. The summed E-state index contributed by atoms with van der Waals surface area (Å²) in [5.41, 5.74) is 12.0. The van der Waals surface area contributed by atoms with Crippen LogP contribution in [0.1, 0.15) is 0 Å². The molecule has 0 fully saturated rings. The van der Waals surface area contributed by atoms with E-state index < -0.39 is 0 Å². The molecule has 1 nitrogen and oxygen atoms in total. The van der Waals surface area contributed by atoms with E-state index in [1.165, 1.54) is 75.9 Å². The van der Waals surface area contributed by atoms with Crippen LogP contribution in [0.5, 0.6) is 0 Å². The molecule has 0 N–H and O–H groups in total. The molecule has 0 atom stereocenters. The zero-order chi connectivity index (χ0) is 25.5. The molecule has 3 heteroatoms. The van der Waals surface area contributed by atoms with Gasteiger partial charge in [0.1, 0.15) is 0 Å². The molecule has 180 valence electrons. The highest BCUT2D eigenvalue weighted by Crippen LogP contribution is 2.46. The SMILES string of the molecule is c1ccc(-c2c(-c3ccccc3)n3c4c(c5ccccc5cc24)B2c4ccccc4Sc4cccc-3c42)cc1. The molecule has 0 saturated carbocycles. The first-order chi connectivity index (χ1) is 19.4. The minimum atomic E-state index is 0.192. The van der Waals surface area contributed by atoms with Crippen molar-refractivity contribution in [2.45, 2.75) is 9.79 Å². The van der Waals surface area contributed by atoms with Crippen molar-refractivity contribution in [3.63, 3.8) is 0 Å². The molecule has 0 unspecified atom stereocenters. The third-order valence-corrected chi connectivity index (χ3v) is 9.60. The van der Waals surface area contributed by atoms with Crippen LogP contribution >= 0.6 is 11.8 Å². The minimum Gasteiger partial charge on any atom is -0.310 e. The molecule has 0 amide bonds. The van der Waals surface area contributed by atoms with Crippen LogP contribution < -0.4 is 16.4 Å². The van der Waals surface area contributed by atoms with Crippen molar-refractivity contribution in [3.05, 3.63) is 133 Å². The quantitative estimate of drug-likeness (QED) is 0.219. The lowest BCUT2D eigenvalue weighted by Crippen LogP contribution is -2.59. The summed E-state index contributed by atoms with van der Waals surface area (Å²) in [6.07, 6.45) is 0. The molecule has 0 bridgehead atoms. The minimum absolute atomic E-state index is 0.192. The van der Waals surface area contributed by atoms with Crippen LogP contribution in [0.25, 0.3) is 49.7 Å². The van der Waals surface area contributed by atoms with Crippen molar-refractivity contribution in [1.29, 1.82) is 0 Å². The Kier molecular flexibility index (Phi) is 4.41. The summed E-state index contributed by atoms with van der Waals surface area (Å²) in [7, 11) is 0. The number of aromatic nitrogens is 1. The van der Waals surface area contributed by atoms with Crippen LogP contribution in [0, 0.1) is 0 Å². The van der Waals surface area contributed by atoms with E-state index in [1.807, 2.05) is 11.8 Å². The van der Waals surface area contributed by atoms with Crippen LogP contribution in [0.2, 0.25) is 0 Å². The van der Waals surface area contributed by atoms with Crippen molar-refractivity contribution in [2.24, 2.45) is 0 Å². The Morgan fingerprint density at radius 2 is 1.23 bits per heavy atom. The van der Waals surface area contributed by atoms with Gasteiger partial charge in [-0.3, -0.25) is 0 Å². The molecule has 0 saturated heterocycles. The third kappa shape index (κ3) is 2.88. The van der Waals surface area contributed by atoms with Gasteiger partial charge in [0.15, 0.2) is 0 Å². The Hall–Kier alpha value is -4.47. The number of benzene rings is 6. The van der Waals surface area contributed by atoms with Gasteiger partial charge in [-0.25, -0.2) is 0 Å². The molecule has 2 aliphatic rings. The maximum Gasteiger partial charge on any atom is 0.250 e. The van der Waals surface area contributed by atoms with Crippen LogP contribution in [-0.4, -0.2) is 11.3 Å². The van der Waals surface area contributed by atoms with E-state index in [-0.39, 0.29) is 6.71 Å². The van der Waals surface area contributed by atoms with Crippen molar-refractivity contribution in [1.82, 2.24) is 4.57 Å². The van der Waals surface area contributed by atoms with Gasteiger partial charge in [-0.1, -0.05) is 126 Å². The van der Waals surface area contributed by atoms with Crippen molar-refractivity contribution in [2.75, 3.05) is 0 Å². The standard InChI is InChI=1S/C36H22BNS/c1-3-12-23(13-4-1)32-27-22-25-16-7-8-17-26(25)33-36(27)38(35(32)24-14-5-2-6-15-24)29-19-11-21-31-34(29)37(33)28-18-9-10-20-30(28)39-31/h1-22H. The van der Waals surface area contributed by atoms with E-state index in [4.69, 9.17) is 0 Å². The fourth-order valence-corrected chi connectivity index (χ4v) is 8.11. The van der Waals surface area contributed by atoms with Gasteiger partial charge in [0.05, 0.1) is 11.2 Å². The molecule has 9 rings (SSSR count). The third-order valence-electron chi connectivity index (χ3n) is 8.44. The van der Waals surface area contributed by atoms with E-state index in [0.717, 1.165) is 0 Å². The number of fused-ring (bicyclic) bond motifs is 6. The summed E-state index contributed by atoms with van der Waals surface area (Å²) in [5.74, 6) is 0. The number of hydrogen-bond acceptors (Lipinski definition) is 1.